The summed E-state index contributed by atoms with van der Waals surface area (Å²) in [6.07, 6.45) is 6.83. The van der Waals surface area contributed by atoms with Crippen LogP contribution in [-0.2, 0) is 19.9 Å². The standard InChI is InChI=1S/C28H24BrN5OS/c1-34-13-10-24-26(34)28(31-22-8-11-30-12-9-22)33-27(32-24)19-5-3-4-18(14-19)15-23(36)17-20-16-21(29)6-7-25(20)35-2/h3-14,16H,15,17H2,1-2H3,(H,30,31,32,33). The molecule has 0 saturated heterocycles. The van der Waals surface area contributed by atoms with Crippen molar-refractivity contribution in [2.45, 2.75) is 12.8 Å². The van der Waals surface area contributed by atoms with E-state index in [9.17, 15) is 0 Å². The molecular weight excluding hydrogens is 534 g/mol. The average Bonchev–Trinajstić information content (AvgIpc) is 3.26. The lowest BCUT2D eigenvalue weighted by atomic mass is 10.0. The third-order valence-electron chi connectivity index (χ3n) is 5.88. The molecule has 0 amide bonds. The van der Waals surface area contributed by atoms with Gasteiger partial charge in [0.05, 0.1) is 12.6 Å². The van der Waals surface area contributed by atoms with E-state index in [-0.39, 0.29) is 0 Å². The zero-order chi connectivity index (χ0) is 25.1. The van der Waals surface area contributed by atoms with Crippen LogP contribution in [0.2, 0.25) is 0 Å². The lowest BCUT2D eigenvalue weighted by Gasteiger charge is -2.12. The molecule has 5 aromatic rings. The van der Waals surface area contributed by atoms with E-state index in [2.05, 4.69) is 44.4 Å². The summed E-state index contributed by atoms with van der Waals surface area (Å²) in [6, 6.07) is 20.1. The number of benzene rings is 2. The molecule has 0 bridgehead atoms. The van der Waals surface area contributed by atoms with Gasteiger partial charge in [-0.15, -0.1) is 0 Å². The highest BCUT2D eigenvalue weighted by molar-refractivity contribution is 9.10. The van der Waals surface area contributed by atoms with E-state index in [4.69, 9.17) is 26.9 Å². The first-order chi connectivity index (χ1) is 17.5. The molecule has 0 unspecified atom stereocenters. The van der Waals surface area contributed by atoms with Crippen LogP contribution >= 0.6 is 28.1 Å². The number of nitrogens with one attached hydrogen (secondary N) is 1. The minimum atomic E-state index is 0.659. The first kappa shape index (κ1) is 24.1. The number of rotatable bonds is 8. The normalized spacial score (nSPS) is 11.0. The molecular formula is C28H24BrN5OS. The summed E-state index contributed by atoms with van der Waals surface area (Å²) in [4.78, 5) is 14.8. The molecule has 0 saturated carbocycles. The van der Waals surface area contributed by atoms with E-state index in [1.165, 1.54) is 0 Å². The largest absolute Gasteiger partial charge is 0.496 e. The maximum atomic E-state index is 5.77. The second-order valence-corrected chi connectivity index (χ2v) is 9.96. The Morgan fingerprint density at radius 3 is 2.67 bits per heavy atom. The average molecular weight is 559 g/mol. The van der Waals surface area contributed by atoms with Crippen molar-refractivity contribution in [1.29, 1.82) is 0 Å². The highest BCUT2D eigenvalue weighted by Crippen LogP contribution is 2.29. The Hall–Kier alpha value is -3.62. The fraction of sp³-hybridized carbons (Fsp3) is 0.143. The van der Waals surface area contributed by atoms with Crippen molar-refractivity contribution in [3.05, 3.63) is 94.9 Å². The van der Waals surface area contributed by atoms with Crippen molar-refractivity contribution < 1.29 is 4.74 Å². The number of pyridine rings is 1. The van der Waals surface area contributed by atoms with Gasteiger partial charge in [-0.3, -0.25) is 4.98 Å². The van der Waals surface area contributed by atoms with E-state index in [0.717, 1.165) is 54.3 Å². The van der Waals surface area contributed by atoms with Gasteiger partial charge in [0.2, 0.25) is 0 Å². The molecule has 5 rings (SSSR count). The molecule has 0 atom stereocenters. The quantitative estimate of drug-likeness (QED) is 0.214. The monoisotopic (exact) mass is 557 g/mol. The Morgan fingerprint density at radius 1 is 1.03 bits per heavy atom. The van der Waals surface area contributed by atoms with E-state index in [1.807, 2.05) is 60.3 Å². The fourth-order valence-electron chi connectivity index (χ4n) is 4.19. The van der Waals surface area contributed by atoms with Crippen LogP contribution in [0.25, 0.3) is 22.4 Å². The molecule has 0 aliphatic rings. The minimum Gasteiger partial charge on any atom is -0.496 e. The molecule has 0 radical (unpaired) electrons. The van der Waals surface area contributed by atoms with Gasteiger partial charge in [0.15, 0.2) is 11.6 Å². The molecule has 0 fully saturated rings. The first-order valence-electron chi connectivity index (χ1n) is 11.4. The number of hydrogen-bond acceptors (Lipinski definition) is 6. The van der Waals surface area contributed by atoms with Gasteiger partial charge in [0.25, 0.3) is 0 Å². The van der Waals surface area contributed by atoms with Gasteiger partial charge in [-0.25, -0.2) is 9.97 Å². The van der Waals surface area contributed by atoms with Crippen molar-refractivity contribution in [2.24, 2.45) is 7.05 Å². The topological polar surface area (TPSA) is 64.9 Å². The van der Waals surface area contributed by atoms with E-state index in [1.54, 1.807) is 19.5 Å². The summed E-state index contributed by atoms with van der Waals surface area (Å²) >= 11 is 9.31. The molecule has 36 heavy (non-hydrogen) atoms. The summed E-state index contributed by atoms with van der Waals surface area (Å²) in [6.45, 7) is 0. The lowest BCUT2D eigenvalue weighted by Crippen LogP contribution is -2.06. The van der Waals surface area contributed by atoms with Crippen LogP contribution in [0, 0.1) is 0 Å². The van der Waals surface area contributed by atoms with Crippen molar-refractivity contribution >= 4 is 55.6 Å². The number of aromatic nitrogens is 4. The predicted molar refractivity (Wildman–Crippen MR) is 152 cm³/mol. The molecule has 180 valence electrons. The number of anilines is 2. The van der Waals surface area contributed by atoms with Crippen molar-refractivity contribution in [2.75, 3.05) is 12.4 Å². The van der Waals surface area contributed by atoms with E-state index in [0.29, 0.717) is 18.7 Å². The Bertz CT molecular complexity index is 1550. The minimum absolute atomic E-state index is 0.659. The summed E-state index contributed by atoms with van der Waals surface area (Å²) in [5.74, 6) is 2.25. The molecule has 0 aliphatic heterocycles. The van der Waals surface area contributed by atoms with Crippen LogP contribution in [0.5, 0.6) is 5.75 Å². The van der Waals surface area contributed by atoms with Gasteiger partial charge in [0, 0.05) is 64.6 Å². The van der Waals surface area contributed by atoms with E-state index >= 15 is 0 Å². The summed E-state index contributed by atoms with van der Waals surface area (Å²) in [5.41, 5.74) is 5.86. The zero-order valence-electron chi connectivity index (χ0n) is 19.9. The molecule has 6 nitrogen and oxygen atoms in total. The Morgan fingerprint density at radius 2 is 1.86 bits per heavy atom. The third-order valence-corrected chi connectivity index (χ3v) is 6.66. The number of halogens is 1. The maximum Gasteiger partial charge on any atom is 0.162 e. The number of ether oxygens (including phenoxy) is 1. The molecule has 0 spiro atoms. The number of thiocarbonyl (C=S) groups is 1. The van der Waals surface area contributed by atoms with Gasteiger partial charge in [-0.05, 0) is 48.0 Å². The molecule has 2 aromatic carbocycles. The van der Waals surface area contributed by atoms with Gasteiger partial charge in [0.1, 0.15) is 11.3 Å². The van der Waals surface area contributed by atoms with Gasteiger partial charge < -0.3 is 14.6 Å². The number of nitrogens with zero attached hydrogens (tertiary/aromatic N) is 4. The Kier molecular flexibility index (Phi) is 7.06. The summed E-state index contributed by atoms with van der Waals surface area (Å²) < 4.78 is 8.54. The Labute approximate surface area is 223 Å². The summed E-state index contributed by atoms with van der Waals surface area (Å²) in [5, 5.41) is 3.43. The number of fused-ring (bicyclic) bond motifs is 1. The molecule has 1 N–H and O–H groups in total. The maximum absolute atomic E-state index is 5.77. The van der Waals surface area contributed by atoms with E-state index < -0.39 is 0 Å². The first-order valence-corrected chi connectivity index (χ1v) is 12.6. The molecule has 0 aliphatic carbocycles. The van der Waals surface area contributed by atoms with Crippen LogP contribution in [-0.4, -0.2) is 31.5 Å². The molecule has 8 heteroatoms. The second kappa shape index (κ2) is 10.6. The van der Waals surface area contributed by atoms with Gasteiger partial charge in [-0.1, -0.05) is 46.3 Å². The fourth-order valence-corrected chi connectivity index (χ4v) is 4.92. The second-order valence-electron chi connectivity index (χ2n) is 8.47. The number of methoxy groups -OCH3 is 1. The third kappa shape index (κ3) is 5.29. The Balaban J connectivity index is 1.43. The van der Waals surface area contributed by atoms with Crippen molar-refractivity contribution in [3.63, 3.8) is 0 Å². The van der Waals surface area contributed by atoms with Crippen LogP contribution < -0.4 is 10.1 Å². The van der Waals surface area contributed by atoms with Gasteiger partial charge >= 0.3 is 0 Å². The molecule has 3 aromatic heterocycles. The number of aryl methyl sites for hydroxylation is 1. The van der Waals surface area contributed by atoms with Gasteiger partial charge in [-0.2, -0.15) is 0 Å². The highest BCUT2D eigenvalue weighted by atomic mass is 79.9. The predicted octanol–water partition coefficient (Wildman–Crippen LogP) is 6.70. The van der Waals surface area contributed by atoms with Crippen LogP contribution in [0.4, 0.5) is 11.5 Å². The van der Waals surface area contributed by atoms with Crippen molar-refractivity contribution in [1.82, 2.24) is 19.5 Å². The summed E-state index contributed by atoms with van der Waals surface area (Å²) in [7, 11) is 3.67. The highest BCUT2D eigenvalue weighted by Gasteiger charge is 2.14. The van der Waals surface area contributed by atoms with Crippen LogP contribution in [0.1, 0.15) is 11.1 Å². The molecule has 3 heterocycles. The lowest BCUT2D eigenvalue weighted by molar-refractivity contribution is 0.411. The zero-order valence-corrected chi connectivity index (χ0v) is 22.3. The van der Waals surface area contributed by atoms with Crippen LogP contribution in [0.15, 0.2) is 83.7 Å². The SMILES string of the molecule is COc1ccc(Br)cc1CC(=S)Cc1cccc(-c2nc(Nc3ccncc3)c3c(ccn3C)n2)c1. The number of hydrogen-bond donors (Lipinski definition) is 1. The van der Waals surface area contributed by atoms with Crippen molar-refractivity contribution in [3.8, 4) is 17.1 Å². The smallest absolute Gasteiger partial charge is 0.162 e. The van der Waals surface area contributed by atoms with Crippen LogP contribution in [0.3, 0.4) is 0 Å².